The van der Waals surface area contributed by atoms with Gasteiger partial charge in [0.25, 0.3) is 0 Å². The Balaban J connectivity index is 1.07. The molecule has 7 nitrogen and oxygen atoms in total. The van der Waals surface area contributed by atoms with Gasteiger partial charge in [0.1, 0.15) is 13.2 Å². The zero-order valence-electron chi connectivity index (χ0n) is 19.1. The van der Waals surface area contributed by atoms with Crippen LogP contribution in [0.5, 0.6) is 0 Å². The minimum atomic E-state index is -0.231. The Morgan fingerprint density at radius 1 is 0.971 bits per heavy atom. The predicted octanol–water partition coefficient (Wildman–Crippen LogP) is 3.40. The van der Waals surface area contributed by atoms with Crippen molar-refractivity contribution in [2.75, 3.05) is 39.3 Å². The maximum absolute atomic E-state index is 11.9. The van der Waals surface area contributed by atoms with Gasteiger partial charge in [0, 0.05) is 54.4 Å². The molecule has 0 radical (unpaired) electrons. The number of fused-ring (bicyclic) bond motifs is 3. The van der Waals surface area contributed by atoms with Gasteiger partial charge in [0.2, 0.25) is 0 Å². The summed E-state index contributed by atoms with van der Waals surface area (Å²) in [6.07, 6.45) is 0.948. The van der Waals surface area contributed by atoms with Gasteiger partial charge in [-0.15, -0.1) is 0 Å². The number of rotatable bonds is 4. The van der Waals surface area contributed by atoms with Gasteiger partial charge >= 0.3 is 11.9 Å². The quantitative estimate of drug-likeness (QED) is 0.565. The highest BCUT2D eigenvalue weighted by Gasteiger charge is 2.36. The van der Waals surface area contributed by atoms with Crippen LogP contribution in [0.4, 0.5) is 0 Å². The molecule has 2 atom stereocenters. The number of morpholine rings is 1. The second-order valence-electron chi connectivity index (χ2n) is 9.54. The zero-order chi connectivity index (χ0) is 23.4. The van der Waals surface area contributed by atoms with Crippen LogP contribution in [-0.2, 0) is 33.8 Å². The van der Waals surface area contributed by atoms with Crippen LogP contribution >= 0.6 is 15.9 Å². The third-order valence-electron chi connectivity index (χ3n) is 7.72. The highest BCUT2D eigenvalue weighted by Crippen LogP contribution is 2.34. The number of ether oxygens (including phenoxy) is 3. The lowest BCUT2D eigenvalue weighted by atomic mass is 9.94. The first-order valence-corrected chi connectivity index (χ1v) is 12.6. The summed E-state index contributed by atoms with van der Waals surface area (Å²) in [4.78, 5) is 28.7. The van der Waals surface area contributed by atoms with Crippen LogP contribution in [-0.4, -0.2) is 67.1 Å². The van der Waals surface area contributed by atoms with Crippen molar-refractivity contribution < 1.29 is 23.8 Å². The second-order valence-corrected chi connectivity index (χ2v) is 10.3. The fraction of sp³-hybridized carbons (Fsp3) is 0.462. The fourth-order valence-corrected chi connectivity index (χ4v) is 6.30. The summed E-state index contributed by atoms with van der Waals surface area (Å²) in [5, 5.41) is 0. The van der Waals surface area contributed by atoms with E-state index in [2.05, 4.69) is 32.7 Å². The number of benzene rings is 2. The third kappa shape index (κ3) is 3.77. The summed E-state index contributed by atoms with van der Waals surface area (Å²) >= 11 is 3.69. The smallest absolute Gasteiger partial charge is 0.338 e. The van der Waals surface area contributed by atoms with Gasteiger partial charge in [-0.2, -0.15) is 0 Å². The number of hydrogen-bond acceptors (Lipinski definition) is 7. The Kier molecular flexibility index (Phi) is 5.72. The van der Waals surface area contributed by atoms with Crippen LogP contribution in [0.3, 0.4) is 0 Å². The number of esters is 2. The van der Waals surface area contributed by atoms with E-state index in [0.717, 1.165) is 60.3 Å². The van der Waals surface area contributed by atoms with E-state index in [4.69, 9.17) is 14.2 Å². The average Bonchev–Trinajstić information content (AvgIpc) is 3.42. The molecular weight excluding hydrogens is 500 g/mol. The van der Waals surface area contributed by atoms with Crippen molar-refractivity contribution in [1.29, 1.82) is 0 Å². The molecule has 0 aromatic heterocycles. The maximum Gasteiger partial charge on any atom is 0.338 e. The molecule has 0 spiro atoms. The number of cyclic esters (lactones) is 2. The van der Waals surface area contributed by atoms with Crippen molar-refractivity contribution in [3.05, 3.63) is 67.7 Å². The van der Waals surface area contributed by atoms with Gasteiger partial charge in [-0.3, -0.25) is 4.90 Å². The molecule has 2 aromatic carbocycles. The van der Waals surface area contributed by atoms with Gasteiger partial charge in [-0.05, 0) is 42.2 Å². The van der Waals surface area contributed by atoms with Crippen LogP contribution < -0.4 is 0 Å². The molecule has 4 aliphatic rings. The fourth-order valence-electron chi connectivity index (χ4n) is 5.65. The van der Waals surface area contributed by atoms with Crippen molar-refractivity contribution in [2.45, 2.75) is 38.7 Å². The molecule has 0 unspecified atom stereocenters. The minimum Gasteiger partial charge on any atom is -0.457 e. The molecule has 0 amide bonds. The van der Waals surface area contributed by atoms with E-state index in [1.165, 1.54) is 11.1 Å². The minimum absolute atomic E-state index is 0.0242. The van der Waals surface area contributed by atoms with Crippen molar-refractivity contribution in [2.24, 2.45) is 0 Å². The van der Waals surface area contributed by atoms with E-state index in [1.807, 2.05) is 24.3 Å². The summed E-state index contributed by atoms with van der Waals surface area (Å²) in [6, 6.07) is 8.24. The summed E-state index contributed by atoms with van der Waals surface area (Å²) < 4.78 is 17.7. The van der Waals surface area contributed by atoms with Gasteiger partial charge in [0.05, 0.1) is 23.8 Å². The first-order chi connectivity index (χ1) is 16.5. The van der Waals surface area contributed by atoms with Crippen molar-refractivity contribution in [3.8, 4) is 0 Å². The lowest BCUT2D eigenvalue weighted by molar-refractivity contribution is -0.0903. The van der Waals surface area contributed by atoms with Gasteiger partial charge < -0.3 is 19.1 Å². The Hall–Kier alpha value is -2.26. The van der Waals surface area contributed by atoms with Crippen LogP contribution in [0.2, 0.25) is 0 Å². The standard InChI is InChI=1S/C26H27BrN2O5/c1-15-18(4-5-19-21(15)13-33-25(19)30)23-11-29-9-8-28(10-17(29)12-32-23)7-6-16-2-3-20-22(24(16)27)14-34-26(20)31/h2-5,17,23H,6-14H2,1H3/t17-,23-/m0/s1. The van der Waals surface area contributed by atoms with Crippen LogP contribution in [0.25, 0.3) is 0 Å². The molecule has 2 fully saturated rings. The molecular formula is C26H27BrN2O5. The first-order valence-electron chi connectivity index (χ1n) is 11.8. The third-order valence-corrected chi connectivity index (χ3v) is 8.71. The summed E-state index contributed by atoms with van der Waals surface area (Å²) in [5.41, 5.74) is 6.85. The van der Waals surface area contributed by atoms with E-state index < -0.39 is 0 Å². The number of piperazine rings is 1. The highest BCUT2D eigenvalue weighted by atomic mass is 79.9. The monoisotopic (exact) mass is 526 g/mol. The van der Waals surface area contributed by atoms with E-state index in [-0.39, 0.29) is 18.0 Å². The normalized spacial score (nSPS) is 24.4. The Morgan fingerprint density at radius 2 is 1.71 bits per heavy atom. The lowest BCUT2D eigenvalue weighted by Crippen LogP contribution is -2.58. The second kappa shape index (κ2) is 8.75. The van der Waals surface area contributed by atoms with E-state index in [0.29, 0.717) is 37.0 Å². The van der Waals surface area contributed by atoms with Gasteiger partial charge in [0.15, 0.2) is 0 Å². The summed E-state index contributed by atoms with van der Waals surface area (Å²) in [7, 11) is 0. The predicted molar refractivity (Wildman–Crippen MR) is 128 cm³/mol. The van der Waals surface area contributed by atoms with E-state index >= 15 is 0 Å². The van der Waals surface area contributed by atoms with Gasteiger partial charge in [-0.1, -0.05) is 28.1 Å². The lowest BCUT2D eigenvalue weighted by Gasteiger charge is -2.46. The number of halogens is 1. The van der Waals surface area contributed by atoms with E-state index in [1.54, 1.807) is 0 Å². The Labute approximate surface area is 207 Å². The number of nitrogens with zero attached hydrogens (tertiary/aromatic N) is 2. The van der Waals surface area contributed by atoms with E-state index in [9.17, 15) is 9.59 Å². The topological polar surface area (TPSA) is 68.3 Å². The van der Waals surface area contributed by atoms with Gasteiger partial charge in [-0.25, -0.2) is 9.59 Å². The SMILES string of the molecule is Cc1c([C@@H]2CN3CCN(CCc4ccc5c(c4Br)COC5=O)C[C@H]3CO2)ccc2c1COC2=O. The molecule has 34 heavy (non-hydrogen) atoms. The van der Waals surface area contributed by atoms with Crippen LogP contribution in [0, 0.1) is 6.92 Å². The number of carbonyl (C=O) groups is 2. The molecule has 2 aromatic rings. The van der Waals surface area contributed by atoms with Crippen molar-refractivity contribution in [1.82, 2.24) is 9.80 Å². The highest BCUT2D eigenvalue weighted by molar-refractivity contribution is 9.10. The molecule has 0 aliphatic carbocycles. The Bertz CT molecular complexity index is 1180. The maximum atomic E-state index is 11.9. The molecule has 0 saturated carbocycles. The average molecular weight is 527 g/mol. The van der Waals surface area contributed by atoms with Crippen molar-refractivity contribution in [3.63, 3.8) is 0 Å². The number of carbonyl (C=O) groups excluding carboxylic acids is 2. The zero-order valence-corrected chi connectivity index (χ0v) is 20.7. The van der Waals surface area contributed by atoms with Crippen LogP contribution in [0.1, 0.15) is 54.6 Å². The molecule has 0 N–H and O–H groups in total. The number of hydrogen-bond donors (Lipinski definition) is 0. The summed E-state index contributed by atoms with van der Waals surface area (Å²) in [6.45, 7) is 8.37. The van der Waals surface area contributed by atoms with Crippen LogP contribution in [0.15, 0.2) is 28.7 Å². The molecule has 178 valence electrons. The Morgan fingerprint density at radius 3 is 2.53 bits per heavy atom. The molecule has 4 aliphatic heterocycles. The molecule has 6 rings (SSSR count). The molecule has 2 saturated heterocycles. The largest absolute Gasteiger partial charge is 0.457 e. The summed E-state index contributed by atoms with van der Waals surface area (Å²) in [5.74, 6) is -0.454. The molecule has 0 bridgehead atoms. The molecule has 8 heteroatoms. The molecule has 4 heterocycles. The van der Waals surface area contributed by atoms with Crippen molar-refractivity contribution >= 4 is 27.9 Å². The first kappa shape index (κ1) is 22.2.